The highest BCUT2D eigenvalue weighted by atomic mass is 16.4. The van der Waals surface area contributed by atoms with E-state index in [2.05, 4.69) is 0 Å². The maximum absolute atomic E-state index is 11.1. The summed E-state index contributed by atoms with van der Waals surface area (Å²) in [6.45, 7) is 1.09. The summed E-state index contributed by atoms with van der Waals surface area (Å²) in [4.78, 5) is 32.7. The molecule has 0 aromatic heterocycles. The minimum Gasteiger partial charge on any atom is -0.481 e. The second-order valence-corrected chi connectivity index (χ2v) is 2.71. The van der Waals surface area contributed by atoms with Gasteiger partial charge in [0.2, 0.25) is 5.91 Å². The maximum Gasteiger partial charge on any atom is 0.323 e. The van der Waals surface area contributed by atoms with Crippen LogP contribution < -0.4 is 0 Å². The Bertz CT molecular complexity index is 238. The van der Waals surface area contributed by atoms with Crippen LogP contribution in [-0.4, -0.2) is 46.0 Å². The van der Waals surface area contributed by atoms with E-state index in [1.54, 1.807) is 6.92 Å². The molecule has 0 saturated heterocycles. The van der Waals surface area contributed by atoms with Gasteiger partial charge >= 0.3 is 11.9 Å². The fourth-order valence-electron chi connectivity index (χ4n) is 0.909. The highest BCUT2D eigenvalue weighted by Gasteiger charge is 2.15. The smallest absolute Gasteiger partial charge is 0.323 e. The van der Waals surface area contributed by atoms with Gasteiger partial charge in [-0.1, -0.05) is 6.92 Å². The molecule has 0 fully saturated rings. The van der Waals surface area contributed by atoms with Gasteiger partial charge in [0.25, 0.3) is 0 Å². The molecular formula is C8H13NO5. The molecule has 0 bridgehead atoms. The Labute approximate surface area is 81.1 Å². The maximum atomic E-state index is 11.1. The molecule has 0 heterocycles. The van der Waals surface area contributed by atoms with E-state index < -0.39 is 18.5 Å². The molecular weight excluding hydrogens is 190 g/mol. The number of nitrogens with zero attached hydrogens (tertiary/aromatic N) is 1. The zero-order valence-corrected chi connectivity index (χ0v) is 7.89. The number of carbonyl (C=O) groups is 3. The summed E-state index contributed by atoms with van der Waals surface area (Å²) in [7, 11) is 0. The molecule has 0 aliphatic heterocycles. The van der Waals surface area contributed by atoms with Crippen LogP contribution in [-0.2, 0) is 14.4 Å². The number of aliphatic carboxylic acids is 2. The van der Waals surface area contributed by atoms with Crippen molar-refractivity contribution in [2.75, 3.05) is 13.1 Å². The van der Waals surface area contributed by atoms with Gasteiger partial charge in [0, 0.05) is 13.0 Å². The van der Waals surface area contributed by atoms with Gasteiger partial charge in [0.05, 0.1) is 6.42 Å². The highest BCUT2D eigenvalue weighted by Crippen LogP contribution is 1.96. The molecule has 1 amide bonds. The van der Waals surface area contributed by atoms with Crippen LogP contribution in [0.3, 0.4) is 0 Å². The van der Waals surface area contributed by atoms with Crippen molar-refractivity contribution >= 4 is 17.8 Å². The minimum atomic E-state index is -1.14. The number of carbonyl (C=O) groups excluding carboxylic acids is 1. The summed E-state index contributed by atoms with van der Waals surface area (Å²) < 4.78 is 0. The average Bonchev–Trinajstić information content (AvgIpc) is 2.10. The van der Waals surface area contributed by atoms with E-state index in [0.29, 0.717) is 0 Å². The summed E-state index contributed by atoms with van der Waals surface area (Å²) in [5.74, 6) is -2.55. The van der Waals surface area contributed by atoms with Gasteiger partial charge in [-0.25, -0.2) is 0 Å². The second kappa shape index (κ2) is 5.95. The normalized spacial score (nSPS) is 9.50. The summed E-state index contributed by atoms with van der Waals surface area (Å²) in [5, 5.41) is 16.8. The van der Waals surface area contributed by atoms with Crippen LogP contribution in [0.1, 0.15) is 19.8 Å². The van der Waals surface area contributed by atoms with Crippen molar-refractivity contribution in [1.82, 2.24) is 4.90 Å². The predicted molar refractivity (Wildman–Crippen MR) is 46.8 cm³/mol. The van der Waals surface area contributed by atoms with Crippen molar-refractivity contribution in [1.29, 1.82) is 0 Å². The van der Waals surface area contributed by atoms with Crippen LogP contribution >= 0.6 is 0 Å². The fraction of sp³-hybridized carbons (Fsp3) is 0.625. The predicted octanol–water partition coefficient (Wildman–Crippen LogP) is -0.216. The van der Waals surface area contributed by atoms with Gasteiger partial charge in [-0.2, -0.15) is 0 Å². The molecule has 0 unspecified atom stereocenters. The first-order valence-corrected chi connectivity index (χ1v) is 4.18. The van der Waals surface area contributed by atoms with E-state index in [0.717, 1.165) is 4.90 Å². The molecule has 14 heavy (non-hydrogen) atoms. The van der Waals surface area contributed by atoms with Gasteiger partial charge in [-0.3, -0.25) is 14.4 Å². The Morgan fingerprint density at radius 2 is 1.71 bits per heavy atom. The Kier molecular flexibility index (Phi) is 5.28. The van der Waals surface area contributed by atoms with E-state index in [9.17, 15) is 14.4 Å². The average molecular weight is 203 g/mol. The standard InChI is InChI=1S/C8H13NO5/c1-2-6(10)9(5-8(13)14)4-3-7(11)12/h2-5H2,1H3,(H,11,12)(H,13,14). The lowest BCUT2D eigenvalue weighted by Gasteiger charge is -2.18. The molecule has 6 nitrogen and oxygen atoms in total. The second-order valence-electron chi connectivity index (χ2n) is 2.71. The van der Waals surface area contributed by atoms with Crippen molar-refractivity contribution in [2.24, 2.45) is 0 Å². The molecule has 80 valence electrons. The van der Waals surface area contributed by atoms with Crippen molar-refractivity contribution in [3.05, 3.63) is 0 Å². The van der Waals surface area contributed by atoms with Gasteiger partial charge < -0.3 is 15.1 Å². The third-order valence-corrected chi connectivity index (χ3v) is 1.58. The van der Waals surface area contributed by atoms with Crippen molar-refractivity contribution in [2.45, 2.75) is 19.8 Å². The van der Waals surface area contributed by atoms with Gasteiger partial charge in [0.1, 0.15) is 6.54 Å². The van der Waals surface area contributed by atoms with E-state index in [-0.39, 0.29) is 25.3 Å². The molecule has 0 spiro atoms. The molecule has 6 heteroatoms. The molecule has 0 saturated carbocycles. The monoisotopic (exact) mass is 203 g/mol. The number of hydrogen-bond donors (Lipinski definition) is 2. The van der Waals surface area contributed by atoms with Crippen molar-refractivity contribution in [3.8, 4) is 0 Å². The van der Waals surface area contributed by atoms with Gasteiger partial charge in [0.15, 0.2) is 0 Å². The summed E-state index contributed by atoms with van der Waals surface area (Å²) >= 11 is 0. The molecule has 0 rings (SSSR count). The lowest BCUT2D eigenvalue weighted by molar-refractivity contribution is -0.146. The Morgan fingerprint density at radius 3 is 2.07 bits per heavy atom. The third-order valence-electron chi connectivity index (χ3n) is 1.58. The molecule has 0 radical (unpaired) electrons. The quantitative estimate of drug-likeness (QED) is 0.622. The SMILES string of the molecule is CCC(=O)N(CCC(=O)O)CC(=O)O. The molecule has 0 aromatic rings. The number of carboxylic acid groups (broad SMARTS) is 2. The third kappa shape index (κ3) is 5.13. The highest BCUT2D eigenvalue weighted by molar-refractivity contribution is 5.81. The van der Waals surface area contributed by atoms with Gasteiger partial charge in [-0.05, 0) is 0 Å². The number of hydrogen-bond acceptors (Lipinski definition) is 3. The van der Waals surface area contributed by atoms with Crippen LogP contribution in [0.4, 0.5) is 0 Å². The van der Waals surface area contributed by atoms with Crippen LogP contribution in [0.2, 0.25) is 0 Å². The van der Waals surface area contributed by atoms with Gasteiger partial charge in [-0.15, -0.1) is 0 Å². The number of rotatable bonds is 6. The zero-order chi connectivity index (χ0) is 11.1. The lowest BCUT2D eigenvalue weighted by atomic mass is 10.3. The van der Waals surface area contributed by atoms with Crippen LogP contribution in [0.15, 0.2) is 0 Å². The topological polar surface area (TPSA) is 94.9 Å². The molecule has 0 atom stereocenters. The van der Waals surface area contributed by atoms with Crippen LogP contribution in [0.25, 0.3) is 0 Å². The van der Waals surface area contributed by atoms with E-state index in [4.69, 9.17) is 10.2 Å². The van der Waals surface area contributed by atoms with E-state index >= 15 is 0 Å². The van der Waals surface area contributed by atoms with Crippen molar-refractivity contribution < 1.29 is 24.6 Å². The Balaban J connectivity index is 4.17. The summed E-state index contributed by atoms with van der Waals surface area (Å²) in [6.07, 6.45) is -0.0636. The van der Waals surface area contributed by atoms with E-state index in [1.807, 2.05) is 0 Å². The lowest BCUT2D eigenvalue weighted by Crippen LogP contribution is -2.36. The Hall–Kier alpha value is -1.59. The Morgan fingerprint density at radius 1 is 1.14 bits per heavy atom. The number of carboxylic acids is 2. The molecule has 0 aromatic carbocycles. The van der Waals surface area contributed by atoms with Crippen LogP contribution in [0.5, 0.6) is 0 Å². The zero-order valence-electron chi connectivity index (χ0n) is 7.89. The summed E-state index contributed by atoms with van der Waals surface area (Å²) in [6, 6.07) is 0. The largest absolute Gasteiger partial charge is 0.481 e. The molecule has 2 N–H and O–H groups in total. The molecule has 0 aliphatic rings. The van der Waals surface area contributed by atoms with Crippen molar-refractivity contribution in [3.63, 3.8) is 0 Å². The minimum absolute atomic E-state index is 0.0612. The first kappa shape index (κ1) is 12.4. The van der Waals surface area contributed by atoms with E-state index in [1.165, 1.54) is 0 Å². The van der Waals surface area contributed by atoms with Crippen LogP contribution in [0, 0.1) is 0 Å². The summed E-state index contributed by atoms with van der Waals surface area (Å²) in [5.41, 5.74) is 0. The molecule has 0 aliphatic carbocycles. The number of amides is 1. The fourth-order valence-corrected chi connectivity index (χ4v) is 0.909. The first-order valence-electron chi connectivity index (χ1n) is 4.18. The first-order chi connectivity index (χ1) is 6.47.